The summed E-state index contributed by atoms with van der Waals surface area (Å²) in [5.74, 6) is 2.13. The van der Waals surface area contributed by atoms with Crippen LogP contribution in [0, 0.1) is 17.8 Å². The summed E-state index contributed by atoms with van der Waals surface area (Å²) in [4.78, 5) is 19.1. The molecule has 1 saturated heterocycles. The van der Waals surface area contributed by atoms with Crippen molar-refractivity contribution in [3.8, 4) is 0 Å². The first-order chi connectivity index (χ1) is 9.86. The molecule has 0 spiro atoms. The molecule has 1 aromatic heterocycles. The molecule has 20 heavy (non-hydrogen) atoms. The van der Waals surface area contributed by atoms with Crippen LogP contribution in [0.4, 0.5) is 0 Å². The molecule has 1 aromatic rings. The molecule has 0 bridgehead atoms. The van der Waals surface area contributed by atoms with Gasteiger partial charge in [0.1, 0.15) is 0 Å². The average Bonchev–Trinajstić information content (AvgIpc) is 2.99. The molecular formula is C16H21N3O. The fourth-order valence-electron chi connectivity index (χ4n) is 4.22. The molecule has 4 nitrogen and oxygen atoms in total. The van der Waals surface area contributed by atoms with Crippen molar-refractivity contribution in [1.29, 1.82) is 0 Å². The van der Waals surface area contributed by atoms with Gasteiger partial charge in [-0.2, -0.15) is 0 Å². The Labute approximate surface area is 119 Å². The normalized spacial score (nSPS) is 35.7. The van der Waals surface area contributed by atoms with Crippen molar-refractivity contribution in [2.75, 3.05) is 19.6 Å². The minimum Gasteiger partial charge on any atom is -0.333 e. The van der Waals surface area contributed by atoms with Crippen molar-refractivity contribution in [2.24, 2.45) is 17.8 Å². The summed E-state index contributed by atoms with van der Waals surface area (Å²) < 4.78 is 0. The Bertz CT molecular complexity index is 494. The summed E-state index contributed by atoms with van der Waals surface area (Å²) in [5, 5.41) is 3.41. The summed E-state index contributed by atoms with van der Waals surface area (Å²) in [6, 6.07) is 4.20. The molecule has 106 valence electrons. The second kappa shape index (κ2) is 4.85. The molecule has 4 heteroatoms. The van der Waals surface area contributed by atoms with E-state index in [4.69, 9.17) is 0 Å². The first kappa shape index (κ1) is 12.3. The van der Waals surface area contributed by atoms with Gasteiger partial charge in [-0.25, -0.2) is 0 Å². The number of fused-ring (bicyclic) bond motifs is 1. The predicted molar refractivity (Wildman–Crippen MR) is 75.9 cm³/mol. The van der Waals surface area contributed by atoms with E-state index in [1.807, 2.05) is 12.3 Å². The standard InChI is InChI=1S/C16H21N3O/c20-16(15-12-4-1-5-13(12)15)19-8-7-18-10-14(19)11-3-2-6-17-9-11/h2-3,6,9,12-15,18H,1,4-5,7-8,10H2. The van der Waals surface area contributed by atoms with Crippen LogP contribution in [0.1, 0.15) is 30.9 Å². The van der Waals surface area contributed by atoms with Crippen molar-refractivity contribution in [1.82, 2.24) is 15.2 Å². The van der Waals surface area contributed by atoms with E-state index in [0.717, 1.165) is 25.2 Å². The highest BCUT2D eigenvalue weighted by atomic mass is 16.2. The maximum Gasteiger partial charge on any atom is 0.226 e. The molecule has 2 aliphatic carbocycles. The summed E-state index contributed by atoms with van der Waals surface area (Å²) in [6.45, 7) is 2.58. The number of piperazine rings is 1. The zero-order valence-corrected chi connectivity index (χ0v) is 11.7. The number of amides is 1. The van der Waals surface area contributed by atoms with Crippen LogP contribution in [0.5, 0.6) is 0 Å². The summed E-state index contributed by atoms with van der Waals surface area (Å²) in [6.07, 6.45) is 7.55. The van der Waals surface area contributed by atoms with Gasteiger partial charge in [-0.15, -0.1) is 0 Å². The Kier molecular flexibility index (Phi) is 2.99. The van der Waals surface area contributed by atoms with Crippen molar-refractivity contribution in [3.63, 3.8) is 0 Å². The molecule has 2 saturated carbocycles. The Balaban J connectivity index is 1.54. The molecule has 1 aliphatic heterocycles. The lowest BCUT2D eigenvalue weighted by molar-refractivity contribution is -0.136. The zero-order chi connectivity index (χ0) is 13.5. The number of carbonyl (C=O) groups excluding carboxylic acids is 1. The van der Waals surface area contributed by atoms with Crippen LogP contribution in [0.25, 0.3) is 0 Å². The molecule has 3 fully saturated rings. The number of pyridine rings is 1. The van der Waals surface area contributed by atoms with Gasteiger partial charge in [-0.05, 0) is 36.3 Å². The third-order valence-electron chi connectivity index (χ3n) is 5.29. The second-order valence-corrected chi connectivity index (χ2v) is 6.32. The molecule has 3 unspecified atom stereocenters. The van der Waals surface area contributed by atoms with Crippen LogP contribution < -0.4 is 5.32 Å². The second-order valence-electron chi connectivity index (χ2n) is 6.32. The Morgan fingerprint density at radius 2 is 2.20 bits per heavy atom. The van der Waals surface area contributed by atoms with Gasteiger partial charge in [0.2, 0.25) is 5.91 Å². The Morgan fingerprint density at radius 1 is 1.35 bits per heavy atom. The lowest BCUT2D eigenvalue weighted by atomic mass is 10.0. The van der Waals surface area contributed by atoms with Gasteiger partial charge in [0, 0.05) is 37.9 Å². The van der Waals surface area contributed by atoms with Crippen LogP contribution in [-0.2, 0) is 4.79 Å². The van der Waals surface area contributed by atoms with Gasteiger partial charge in [0.05, 0.1) is 6.04 Å². The molecule has 2 heterocycles. The minimum atomic E-state index is 0.159. The van der Waals surface area contributed by atoms with E-state index in [2.05, 4.69) is 21.3 Å². The van der Waals surface area contributed by atoms with Gasteiger partial charge in [0.15, 0.2) is 0 Å². The molecule has 3 aliphatic rings. The van der Waals surface area contributed by atoms with E-state index in [0.29, 0.717) is 23.7 Å². The van der Waals surface area contributed by atoms with Crippen molar-refractivity contribution in [3.05, 3.63) is 30.1 Å². The number of hydrogen-bond donors (Lipinski definition) is 1. The van der Waals surface area contributed by atoms with Crippen LogP contribution in [0.15, 0.2) is 24.5 Å². The lowest BCUT2D eigenvalue weighted by Crippen LogP contribution is -2.49. The lowest BCUT2D eigenvalue weighted by Gasteiger charge is -2.37. The molecule has 1 N–H and O–H groups in total. The summed E-state index contributed by atoms with van der Waals surface area (Å²) in [5.41, 5.74) is 1.15. The number of carbonyl (C=O) groups is 1. The quantitative estimate of drug-likeness (QED) is 0.888. The first-order valence-electron chi connectivity index (χ1n) is 7.77. The molecule has 1 amide bonds. The van der Waals surface area contributed by atoms with Crippen molar-refractivity contribution in [2.45, 2.75) is 25.3 Å². The minimum absolute atomic E-state index is 0.159. The van der Waals surface area contributed by atoms with E-state index >= 15 is 0 Å². The third kappa shape index (κ3) is 1.94. The predicted octanol–water partition coefficient (Wildman–Crippen LogP) is 1.60. The zero-order valence-electron chi connectivity index (χ0n) is 11.7. The SMILES string of the molecule is O=C(C1C2CCCC21)N1CCNCC1c1cccnc1. The van der Waals surface area contributed by atoms with Crippen LogP contribution in [-0.4, -0.2) is 35.4 Å². The van der Waals surface area contributed by atoms with Crippen molar-refractivity contribution >= 4 is 5.91 Å². The third-order valence-corrected chi connectivity index (χ3v) is 5.29. The fourth-order valence-corrected chi connectivity index (χ4v) is 4.22. The number of nitrogens with one attached hydrogen (secondary N) is 1. The van der Waals surface area contributed by atoms with E-state index < -0.39 is 0 Å². The van der Waals surface area contributed by atoms with Gasteiger partial charge in [0.25, 0.3) is 0 Å². The smallest absolute Gasteiger partial charge is 0.226 e. The van der Waals surface area contributed by atoms with Crippen LogP contribution in [0.2, 0.25) is 0 Å². The highest BCUT2D eigenvalue weighted by molar-refractivity contribution is 5.83. The van der Waals surface area contributed by atoms with Crippen LogP contribution >= 0.6 is 0 Å². The highest BCUT2D eigenvalue weighted by Crippen LogP contribution is 2.58. The van der Waals surface area contributed by atoms with E-state index in [1.165, 1.54) is 19.3 Å². The van der Waals surface area contributed by atoms with Crippen LogP contribution in [0.3, 0.4) is 0 Å². The highest BCUT2D eigenvalue weighted by Gasteiger charge is 2.58. The van der Waals surface area contributed by atoms with E-state index in [1.54, 1.807) is 6.20 Å². The Morgan fingerprint density at radius 3 is 2.95 bits per heavy atom. The fraction of sp³-hybridized carbons (Fsp3) is 0.625. The molecule has 3 atom stereocenters. The topological polar surface area (TPSA) is 45.2 Å². The molecule has 0 radical (unpaired) electrons. The van der Waals surface area contributed by atoms with E-state index in [9.17, 15) is 4.79 Å². The number of hydrogen-bond acceptors (Lipinski definition) is 3. The number of rotatable bonds is 2. The maximum atomic E-state index is 12.8. The van der Waals surface area contributed by atoms with Gasteiger partial charge >= 0.3 is 0 Å². The summed E-state index contributed by atoms with van der Waals surface area (Å²) in [7, 11) is 0. The monoisotopic (exact) mass is 271 g/mol. The van der Waals surface area contributed by atoms with Gasteiger partial charge < -0.3 is 10.2 Å². The molecule has 0 aromatic carbocycles. The van der Waals surface area contributed by atoms with E-state index in [-0.39, 0.29) is 6.04 Å². The largest absolute Gasteiger partial charge is 0.333 e. The summed E-state index contributed by atoms with van der Waals surface area (Å²) >= 11 is 0. The average molecular weight is 271 g/mol. The molecular weight excluding hydrogens is 250 g/mol. The Hall–Kier alpha value is -1.42. The van der Waals surface area contributed by atoms with Gasteiger partial charge in [-0.3, -0.25) is 9.78 Å². The molecule has 4 rings (SSSR count). The van der Waals surface area contributed by atoms with Gasteiger partial charge in [-0.1, -0.05) is 12.5 Å². The first-order valence-corrected chi connectivity index (χ1v) is 7.77. The van der Waals surface area contributed by atoms with Crippen molar-refractivity contribution < 1.29 is 4.79 Å². The maximum absolute atomic E-state index is 12.8. The number of aromatic nitrogens is 1. The number of nitrogens with zero attached hydrogens (tertiary/aromatic N) is 2.